The van der Waals surface area contributed by atoms with Crippen LogP contribution in [0.1, 0.15) is 292 Å². The van der Waals surface area contributed by atoms with Gasteiger partial charge in [0.2, 0.25) is 0 Å². The molecule has 5 aliphatic rings. The molecule has 0 bridgehead atoms. The topological polar surface area (TPSA) is 81.2 Å². The Labute approximate surface area is 623 Å². The summed E-state index contributed by atoms with van der Waals surface area (Å²) >= 11 is 6.75. The molecule has 4 amide bonds. The van der Waals surface area contributed by atoms with E-state index >= 15 is 19.2 Å². The molecule has 8 heterocycles. The van der Waals surface area contributed by atoms with Crippen LogP contribution < -0.4 is 0 Å². The number of unbranched alkanes of at least 4 members (excludes halogenated alkanes) is 14. The summed E-state index contributed by atoms with van der Waals surface area (Å²) in [5.41, 5.74) is 13.3. The SMILES string of the molecule is CCCCCCCCC1(CCCCCCCC)c2cc(-c3ccc(C4=C5C(=O)N(CC(CC)CCCC)C(c6cccs6)=C5C(=O)N4CC(CC)CCCC)s3)ccc2-c2ccc(-c3ccc(C4=C5C(=O)N(CC(CC)CCCC)C(c6cccs6)=C5C(=O)N4CC(CC)CCCC)s3)cc21. The normalized spacial score (nSPS) is 16.9. The molecule has 0 spiro atoms. The van der Waals surface area contributed by atoms with Crippen molar-refractivity contribution in [3.63, 3.8) is 0 Å². The Morgan fingerprint density at radius 3 is 0.921 bits per heavy atom. The quantitative estimate of drug-likeness (QED) is 0.0357. The van der Waals surface area contributed by atoms with E-state index < -0.39 is 0 Å². The predicted molar refractivity (Wildman–Crippen MR) is 432 cm³/mol. The van der Waals surface area contributed by atoms with Crippen molar-refractivity contribution in [2.45, 2.75) is 267 Å². The molecule has 4 aromatic heterocycles. The smallest absolute Gasteiger partial charge is 0.261 e. The fraction of sp³-hybridized carbons (Fsp3) is 0.551. The van der Waals surface area contributed by atoms with Gasteiger partial charge in [-0.3, -0.25) is 19.2 Å². The Morgan fingerprint density at radius 1 is 0.327 bits per heavy atom. The van der Waals surface area contributed by atoms with Gasteiger partial charge in [-0.05, 0) is 155 Å². The van der Waals surface area contributed by atoms with Crippen LogP contribution in [0.15, 0.2) is 118 Å². The lowest BCUT2D eigenvalue weighted by Gasteiger charge is -2.33. The van der Waals surface area contributed by atoms with Gasteiger partial charge >= 0.3 is 0 Å². The fourth-order valence-corrected chi connectivity index (χ4v) is 20.9. The molecule has 4 atom stereocenters. The number of nitrogens with zero attached hydrogens (tertiary/aromatic N) is 4. The molecule has 0 N–H and O–H groups in total. The van der Waals surface area contributed by atoms with Crippen molar-refractivity contribution in [3.8, 4) is 32.0 Å². The van der Waals surface area contributed by atoms with Crippen LogP contribution in [0.4, 0.5) is 0 Å². The first-order chi connectivity index (χ1) is 49.4. The third kappa shape index (κ3) is 16.2. The van der Waals surface area contributed by atoms with Crippen LogP contribution in [-0.4, -0.2) is 69.4 Å². The van der Waals surface area contributed by atoms with Gasteiger partial charge in [0.05, 0.1) is 64.6 Å². The second-order valence-corrected chi connectivity index (χ2v) is 34.2. The number of fused-ring (bicyclic) bond motifs is 5. The molecule has 1 aliphatic carbocycles. The number of hydrogen-bond donors (Lipinski definition) is 0. The zero-order chi connectivity index (χ0) is 71.2. The maximum atomic E-state index is 15.6. The van der Waals surface area contributed by atoms with Crippen molar-refractivity contribution in [3.05, 3.63) is 149 Å². The van der Waals surface area contributed by atoms with Gasteiger partial charge in [-0.15, -0.1) is 45.3 Å². The summed E-state index contributed by atoms with van der Waals surface area (Å²) in [6.45, 7) is 25.0. The maximum absolute atomic E-state index is 15.6. The van der Waals surface area contributed by atoms with Gasteiger partial charge in [-0.25, -0.2) is 0 Å². The number of thiophene rings is 4. The number of carbonyl (C=O) groups is 4. The second kappa shape index (κ2) is 36.2. The third-order valence-electron chi connectivity index (χ3n) is 23.3. The second-order valence-electron chi connectivity index (χ2n) is 30.1. The Bertz CT molecular complexity index is 3680. The van der Waals surface area contributed by atoms with E-state index in [-0.39, 0.29) is 29.0 Å². The number of amides is 4. The van der Waals surface area contributed by atoms with Crippen LogP contribution in [0.2, 0.25) is 0 Å². The molecule has 542 valence electrons. The third-order valence-corrected chi connectivity index (χ3v) is 27.4. The molecular weight excluding hydrogens is 1320 g/mol. The molecule has 12 heteroatoms. The van der Waals surface area contributed by atoms with E-state index in [1.807, 2.05) is 19.6 Å². The van der Waals surface area contributed by atoms with Gasteiger partial charge in [0.15, 0.2) is 0 Å². The number of hydrogen-bond acceptors (Lipinski definition) is 8. The van der Waals surface area contributed by atoms with E-state index in [2.05, 4.69) is 165 Å². The van der Waals surface area contributed by atoms with Gasteiger partial charge in [0, 0.05) is 41.3 Å². The van der Waals surface area contributed by atoms with E-state index in [0.717, 1.165) is 180 Å². The minimum Gasteiger partial charge on any atom is -0.306 e. The molecule has 4 unspecified atom stereocenters. The highest BCUT2D eigenvalue weighted by molar-refractivity contribution is 7.17. The van der Waals surface area contributed by atoms with E-state index in [4.69, 9.17) is 0 Å². The summed E-state index contributed by atoms with van der Waals surface area (Å²) in [6.07, 6.45) is 33.8. The zero-order valence-corrected chi connectivity index (χ0v) is 66.4. The molecule has 8 nitrogen and oxygen atoms in total. The molecule has 0 saturated heterocycles. The highest BCUT2D eigenvalue weighted by atomic mass is 32.1. The summed E-state index contributed by atoms with van der Waals surface area (Å²) in [6, 6.07) is 32.0. The lowest BCUT2D eigenvalue weighted by molar-refractivity contribution is -0.124. The molecule has 101 heavy (non-hydrogen) atoms. The van der Waals surface area contributed by atoms with Crippen LogP contribution >= 0.6 is 45.3 Å². The highest BCUT2D eigenvalue weighted by Gasteiger charge is 2.52. The summed E-state index contributed by atoms with van der Waals surface area (Å²) in [4.78, 5) is 76.7. The first-order valence-electron chi connectivity index (χ1n) is 40.2. The van der Waals surface area contributed by atoms with Crippen LogP contribution in [0.3, 0.4) is 0 Å². The van der Waals surface area contributed by atoms with E-state index in [0.29, 0.717) is 72.1 Å². The molecule has 4 aliphatic heterocycles. The zero-order valence-electron chi connectivity index (χ0n) is 63.1. The fourth-order valence-electron chi connectivity index (χ4n) is 17.2. The standard InChI is InChI=1S/C89H118N4O4S4/c1-11-21-27-29-31-33-51-89(52-34-32-30-28-22-12-2)69-55-65(71-47-49-75(100-71)83-79-77(85(94)92(83)59-63(19-9)39-25-15-5)81(73-41-35-53-98-73)90(87(79)96)57-61(17-7)37-23-13-3)43-45-67(69)68-46-44-66(56-70(68)89)72-48-50-76(101-72)84-80-78(86(95)93(84)60-64(20-10)40-26-16-6)82(74-42-36-54-99-74)91(88(80)97)58-62(18-8)38-24-14-4/h35-36,41-50,53-56,61-64H,11-34,37-40,51-52,57-60H2,1-10H3. The Hall–Kier alpha value is -5.92. The van der Waals surface area contributed by atoms with Gasteiger partial charge < -0.3 is 19.6 Å². The van der Waals surface area contributed by atoms with E-state index in [9.17, 15) is 0 Å². The molecule has 6 aromatic rings. The van der Waals surface area contributed by atoms with E-state index in [1.165, 1.54) is 97.6 Å². The Balaban J connectivity index is 1.02. The van der Waals surface area contributed by atoms with Crippen molar-refractivity contribution in [2.24, 2.45) is 23.7 Å². The molecule has 0 fully saturated rings. The van der Waals surface area contributed by atoms with Crippen LogP contribution in [0, 0.1) is 23.7 Å². The summed E-state index contributed by atoms with van der Waals surface area (Å²) in [5.74, 6) is 1.21. The van der Waals surface area contributed by atoms with Gasteiger partial charge in [0.1, 0.15) is 0 Å². The molecule has 0 radical (unpaired) electrons. The molecule has 0 saturated carbocycles. The lowest BCUT2D eigenvalue weighted by Crippen LogP contribution is -2.34. The first kappa shape index (κ1) is 76.2. The lowest BCUT2D eigenvalue weighted by atomic mass is 9.70. The van der Waals surface area contributed by atoms with Crippen molar-refractivity contribution in [1.82, 2.24) is 19.6 Å². The van der Waals surface area contributed by atoms with Crippen molar-refractivity contribution < 1.29 is 19.2 Å². The van der Waals surface area contributed by atoms with Crippen LogP contribution in [0.25, 0.3) is 54.8 Å². The minimum atomic E-state index is -0.234. The monoisotopic (exact) mass is 1430 g/mol. The number of benzene rings is 2. The highest BCUT2D eigenvalue weighted by Crippen LogP contribution is 2.58. The maximum Gasteiger partial charge on any atom is 0.261 e. The number of rotatable bonds is 44. The average molecular weight is 1440 g/mol. The van der Waals surface area contributed by atoms with Crippen molar-refractivity contribution in [2.75, 3.05) is 26.2 Å². The Kier molecular flexibility index (Phi) is 27.3. The Morgan fingerprint density at radius 2 is 0.624 bits per heavy atom. The first-order valence-corrected chi connectivity index (χ1v) is 43.6. The molecule has 2 aromatic carbocycles. The van der Waals surface area contributed by atoms with Crippen molar-refractivity contribution >= 4 is 91.8 Å². The van der Waals surface area contributed by atoms with Gasteiger partial charge in [0.25, 0.3) is 23.6 Å². The molecule has 11 rings (SSSR count). The van der Waals surface area contributed by atoms with Gasteiger partial charge in [-0.2, -0.15) is 0 Å². The largest absolute Gasteiger partial charge is 0.306 e. The summed E-state index contributed by atoms with van der Waals surface area (Å²) < 4.78 is 0. The minimum absolute atomic E-state index is 0.0249. The average Bonchev–Trinajstić information content (AvgIpc) is 1.57. The molecular formula is C89H118N4O4S4. The van der Waals surface area contributed by atoms with Crippen molar-refractivity contribution in [1.29, 1.82) is 0 Å². The van der Waals surface area contributed by atoms with Crippen LogP contribution in [0.5, 0.6) is 0 Å². The van der Waals surface area contributed by atoms with Crippen LogP contribution in [-0.2, 0) is 24.6 Å². The summed E-state index contributed by atoms with van der Waals surface area (Å²) in [5, 5.41) is 4.16. The summed E-state index contributed by atoms with van der Waals surface area (Å²) in [7, 11) is 0. The van der Waals surface area contributed by atoms with E-state index in [1.54, 1.807) is 45.3 Å². The number of carbonyl (C=O) groups excluding carboxylic acids is 4. The predicted octanol–water partition coefficient (Wildman–Crippen LogP) is 25.5. The van der Waals surface area contributed by atoms with Gasteiger partial charge in [-0.1, -0.05) is 260 Å².